The summed E-state index contributed by atoms with van der Waals surface area (Å²) in [4.78, 5) is 20.2. The normalized spacial score (nSPS) is 10.2. The molecule has 0 aliphatic carbocycles. The van der Waals surface area contributed by atoms with E-state index in [4.69, 9.17) is 0 Å². The minimum Gasteiger partial charge on any atom is -0.369 e. The molecule has 2 aromatic heterocycles. The van der Waals surface area contributed by atoms with Crippen LogP contribution < -0.4 is 10.6 Å². The number of hydrogen-bond acceptors (Lipinski definition) is 4. The molecule has 0 radical (unpaired) electrons. The molecule has 5 nitrogen and oxygen atoms in total. The Balaban J connectivity index is 2.08. The zero-order chi connectivity index (χ0) is 15.1. The molecule has 21 heavy (non-hydrogen) atoms. The monoisotopic (exact) mass is 288 g/mol. The number of anilines is 1. The second-order valence-corrected chi connectivity index (χ2v) is 4.48. The lowest BCUT2D eigenvalue weighted by Crippen LogP contribution is -2.25. The Morgan fingerprint density at radius 3 is 2.90 bits per heavy atom. The third-order valence-corrected chi connectivity index (χ3v) is 2.80. The van der Waals surface area contributed by atoms with Crippen LogP contribution in [0.3, 0.4) is 0 Å². The first-order valence-electron chi connectivity index (χ1n) is 6.78. The summed E-state index contributed by atoms with van der Waals surface area (Å²) >= 11 is 0. The van der Waals surface area contributed by atoms with Crippen molar-refractivity contribution in [2.75, 3.05) is 11.9 Å². The molecule has 0 bridgehead atoms. The summed E-state index contributed by atoms with van der Waals surface area (Å²) in [5.74, 6) is -0.539. The maximum Gasteiger partial charge on any atom is 0.255 e. The minimum absolute atomic E-state index is 0.194. The Labute approximate surface area is 122 Å². The smallest absolute Gasteiger partial charge is 0.255 e. The van der Waals surface area contributed by atoms with Gasteiger partial charge in [-0.15, -0.1) is 0 Å². The number of nitrogens with one attached hydrogen (secondary N) is 2. The molecule has 2 aromatic rings. The number of amides is 1. The van der Waals surface area contributed by atoms with Crippen LogP contribution >= 0.6 is 0 Å². The second-order valence-electron chi connectivity index (χ2n) is 4.48. The van der Waals surface area contributed by atoms with Gasteiger partial charge >= 0.3 is 0 Å². The van der Waals surface area contributed by atoms with Gasteiger partial charge in [0.2, 0.25) is 0 Å². The van der Waals surface area contributed by atoms with E-state index in [0.29, 0.717) is 12.4 Å². The fourth-order valence-corrected chi connectivity index (χ4v) is 1.77. The number of hydrogen-bond donors (Lipinski definition) is 2. The lowest BCUT2D eigenvalue weighted by atomic mass is 10.2. The van der Waals surface area contributed by atoms with E-state index in [1.807, 2.05) is 13.0 Å². The third kappa shape index (κ3) is 4.24. The number of nitrogens with zero attached hydrogens (tertiary/aromatic N) is 2. The van der Waals surface area contributed by atoms with Gasteiger partial charge < -0.3 is 10.6 Å². The molecule has 0 saturated heterocycles. The minimum atomic E-state index is -0.542. The van der Waals surface area contributed by atoms with Crippen LogP contribution in [0.5, 0.6) is 0 Å². The number of pyridine rings is 2. The van der Waals surface area contributed by atoms with Crippen molar-refractivity contribution in [1.82, 2.24) is 15.3 Å². The number of halogens is 1. The molecule has 0 spiro atoms. The van der Waals surface area contributed by atoms with Gasteiger partial charge in [0.1, 0.15) is 11.6 Å². The van der Waals surface area contributed by atoms with Gasteiger partial charge in [-0.2, -0.15) is 0 Å². The molecule has 2 N–H and O–H groups in total. The molecule has 0 aromatic carbocycles. The van der Waals surface area contributed by atoms with Gasteiger partial charge in [0, 0.05) is 12.7 Å². The average molecular weight is 288 g/mol. The second kappa shape index (κ2) is 7.33. The quantitative estimate of drug-likeness (QED) is 0.856. The number of rotatable bonds is 6. The summed E-state index contributed by atoms with van der Waals surface area (Å²) < 4.78 is 13.3. The number of carbonyl (C=O) groups is 1. The number of aromatic nitrogens is 2. The lowest BCUT2D eigenvalue weighted by Gasteiger charge is -2.10. The third-order valence-electron chi connectivity index (χ3n) is 2.80. The van der Waals surface area contributed by atoms with Crippen molar-refractivity contribution < 1.29 is 9.18 Å². The molecule has 110 valence electrons. The van der Waals surface area contributed by atoms with E-state index in [-0.39, 0.29) is 18.0 Å². The standard InChI is InChI=1S/C15H17FN4O/c1-2-6-18-14-13(8-11(16)9-19-14)15(21)20-10-12-5-3-4-7-17-12/h3-5,7-9H,2,6,10H2,1H3,(H,18,19)(H,20,21). The lowest BCUT2D eigenvalue weighted by molar-refractivity contribution is 0.0950. The van der Waals surface area contributed by atoms with Crippen molar-refractivity contribution in [2.24, 2.45) is 0 Å². The summed E-state index contributed by atoms with van der Waals surface area (Å²) in [6, 6.07) is 6.63. The molecule has 0 aliphatic rings. The highest BCUT2D eigenvalue weighted by Crippen LogP contribution is 2.13. The summed E-state index contributed by atoms with van der Waals surface area (Å²) in [6.45, 7) is 2.94. The molecule has 2 rings (SSSR count). The van der Waals surface area contributed by atoms with E-state index < -0.39 is 5.82 Å². The molecule has 2 heterocycles. The Bertz CT molecular complexity index is 604. The van der Waals surface area contributed by atoms with Crippen molar-refractivity contribution in [3.05, 3.63) is 53.7 Å². The Morgan fingerprint density at radius 1 is 1.33 bits per heavy atom. The van der Waals surface area contributed by atoms with Gasteiger partial charge in [0.05, 0.1) is 24.0 Å². The Morgan fingerprint density at radius 2 is 2.19 bits per heavy atom. The highest BCUT2D eigenvalue weighted by Gasteiger charge is 2.13. The van der Waals surface area contributed by atoms with Crippen molar-refractivity contribution in [2.45, 2.75) is 19.9 Å². The van der Waals surface area contributed by atoms with Gasteiger partial charge in [-0.25, -0.2) is 9.37 Å². The summed E-state index contributed by atoms with van der Waals surface area (Å²) in [5.41, 5.74) is 0.928. The first-order chi connectivity index (χ1) is 10.2. The van der Waals surface area contributed by atoms with Crippen LogP contribution in [0.25, 0.3) is 0 Å². The maximum atomic E-state index is 13.3. The van der Waals surface area contributed by atoms with Crippen molar-refractivity contribution in [1.29, 1.82) is 0 Å². The highest BCUT2D eigenvalue weighted by molar-refractivity contribution is 5.98. The molecule has 0 saturated carbocycles. The molecular weight excluding hydrogens is 271 g/mol. The first-order valence-corrected chi connectivity index (χ1v) is 6.78. The van der Waals surface area contributed by atoms with Crippen molar-refractivity contribution >= 4 is 11.7 Å². The van der Waals surface area contributed by atoms with Crippen LogP contribution in [-0.2, 0) is 6.54 Å². The molecule has 6 heteroatoms. The van der Waals surface area contributed by atoms with Crippen LogP contribution in [0.2, 0.25) is 0 Å². The van der Waals surface area contributed by atoms with Gasteiger partial charge in [-0.05, 0) is 24.6 Å². The van der Waals surface area contributed by atoms with Gasteiger partial charge in [-0.3, -0.25) is 9.78 Å². The molecule has 0 fully saturated rings. The van der Waals surface area contributed by atoms with Crippen LogP contribution in [0.15, 0.2) is 36.7 Å². The molecule has 0 unspecified atom stereocenters. The molecule has 0 aliphatic heterocycles. The van der Waals surface area contributed by atoms with Gasteiger partial charge in [0.25, 0.3) is 5.91 Å². The molecule has 1 amide bonds. The molecule has 0 atom stereocenters. The van der Waals surface area contributed by atoms with E-state index in [9.17, 15) is 9.18 Å². The fourth-order valence-electron chi connectivity index (χ4n) is 1.77. The Hall–Kier alpha value is -2.50. The van der Waals surface area contributed by atoms with E-state index in [0.717, 1.165) is 18.3 Å². The maximum absolute atomic E-state index is 13.3. The SMILES string of the molecule is CCCNc1ncc(F)cc1C(=O)NCc1ccccn1. The van der Waals surface area contributed by atoms with Gasteiger partial charge in [-0.1, -0.05) is 13.0 Å². The number of carbonyl (C=O) groups excluding carboxylic acids is 1. The highest BCUT2D eigenvalue weighted by atomic mass is 19.1. The van der Waals surface area contributed by atoms with Gasteiger partial charge in [0.15, 0.2) is 0 Å². The van der Waals surface area contributed by atoms with Crippen LogP contribution in [0.1, 0.15) is 29.4 Å². The van der Waals surface area contributed by atoms with E-state index >= 15 is 0 Å². The van der Waals surface area contributed by atoms with Crippen LogP contribution in [0, 0.1) is 5.82 Å². The van der Waals surface area contributed by atoms with E-state index in [1.165, 1.54) is 6.07 Å². The van der Waals surface area contributed by atoms with Crippen molar-refractivity contribution in [3.8, 4) is 0 Å². The van der Waals surface area contributed by atoms with Crippen LogP contribution in [-0.4, -0.2) is 22.4 Å². The summed E-state index contributed by atoms with van der Waals surface area (Å²) in [6.07, 6.45) is 3.63. The van der Waals surface area contributed by atoms with Crippen molar-refractivity contribution in [3.63, 3.8) is 0 Å². The zero-order valence-corrected chi connectivity index (χ0v) is 11.8. The van der Waals surface area contributed by atoms with E-state index in [2.05, 4.69) is 20.6 Å². The topological polar surface area (TPSA) is 66.9 Å². The molecular formula is C15H17FN4O. The predicted molar refractivity (Wildman–Crippen MR) is 78.4 cm³/mol. The van der Waals surface area contributed by atoms with Crippen LogP contribution in [0.4, 0.5) is 10.2 Å². The summed E-state index contributed by atoms with van der Waals surface area (Å²) in [5, 5.41) is 5.73. The van der Waals surface area contributed by atoms with E-state index in [1.54, 1.807) is 18.3 Å². The first kappa shape index (κ1) is 14.9. The fraction of sp³-hybridized carbons (Fsp3) is 0.267. The predicted octanol–water partition coefficient (Wildman–Crippen LogP) is 2.37. The largest absolute Gasteiger partial charge is 0.369 e. The average Bonchev–Trinajstić information content (AvgIpc) is 2.52. The summed E-state index contributed by atoms with van der Waals surface area (Å²) in [7, 11) is 0. The zero-order valence-electron chi connectivity index (χ0n) is 11.8. The Kier molecular flexibility index (Phi) is 5.20.